The lowest BCUT2D eigenvalue weighted by Crippen LogP contribution is -2.30. The maximum atomic E-state index is 11.8. The summed E-state index contributed by atoms with van der Waals surface area (Å²) >= 11 is 5.82. The van der Waals surface area contributed by atoms with Gasteiger partial charge in [-0.05, 0) is 19.9 Å². The number of fused-ring (bicyclic) bond motifs is 1. The van der Waals surface area contributed by atoms with Gasteiger partial charge in [0.15, 0.2) is 0 Å². The molecule has 2 aromatic heterocycles. The van der Waals surface area contributed by atoms with E-state index in [1.165, 1.54) is 0 Å². The van der Waals surface area contributed by atoms with E-state index < -0.39 is 0 Å². The summed E-state index contributed by atoms with van der Waals surface area (Å²) in [5.74, 6) is 1.46. The molecule has 108 valence electrons. The summed E-state index contributed by atoms with van der Waals surface area (Å²) in [5, 5.41) is 2.89. The highest BCUT2D eigenvalue weighted by molar-refractivity contribution is 6.17. The minimum atomic E-state index is 0.0488. The van der Waals surface area contributed by atoms with Crippen LogP contribution in [0.2, 0.25) is 0 Å². The molecule has 0 saturated carbocycles. The molecule has 0 aliphatic heterocycles. The number of amides is 1. The van der Waals surface area contributed by atoms with Crippen LogP contribution in [0.15, 0.2) is 18.5 Å². The molecule has 1 N–H and O–H groups in total. The molecule has 0 spiro atoms. The summed E-state index contributed by atoms with van der Waals surface area (Å²) in [6.45, 7) is 4.51. The zero-order chi connectivity index (χ0) is 14.5. The van der Waals surface area contributed by atoms with Crippen LogP contribution in [0.25, 0.3) is 11.0 Å². The van der Waals surface area contributed by atoms with E-state index in [9.17, 15) is 4.79 Å². The Labute approximate surface area is 123 Å². The first-order valence-corrected chi connectivity index (χ1v) is 7.29. The molecule has 0 fully saturated rings. The van der Waals surface area contributed by atoms with Gasteiger partial charge in [0.1, 0.15) is 11.3 Å². The van der Waals surface area contributed by atoms with Crippen molar-refractivity contribution >= 4 is 28.5 Å². The van der Waals surface area contributed by atoms with Crippen molar-refractivity contribution in [2.24, 2.45) is 0 Å². The number of aromatic nitrogens is 3. The summed E-state index contributed by atoms with van der Waals surface area (Å²) in [5.41, 5.74) is 1.84. The van der Waals surface area contributed by atoms with Gasteiger partial charge in [0.25, 0.3) is 0 Å². The number of nitrogens with one attached hydrogen (secondary N) is 1. The van der Waals surface area contributed by atoms with Crippen LogP contribution >= 0.6 is 11.6 Å². The molecule has 1 amide bonds. The maximum Gasteiger partial charge on any atom is 0.221 e. The molecule has 0 unspecified atom stereocenters. The number of nitrogens with zero attached hydrogens (tertiary/aromatic N) is 3. The standard InChI is InChI=1S/C14H19ClN4O/c1-10(2)17-14(20)5-8-19-12-4-7-16-9-11(12)18-13(19)3-6-15/h4,7,9-10H,3,5-6,8H2,1-2H3,(H,17,20). The Balaban J connectivity index is 2.18. The highest BCUT2D eigenvalue weighted by Gasteiger charge is 2.12. The molecule has 0 aliphatic carbocycles. The third-order valence-electron chi connectivity index (χ3n) is 2.96. The number of hydrogen-bond donors (Lipinski definition) is 1. The van der Waals surface area contributed by atoms with Crippen LogP contribution in [0.5, 0.6) is 0 Å². The molecule has 0 aromatic carbocycles. The molecule has 0 atom stereocenters. The van der Waals surface area contributed by atoms with Crippen molar-refractivity contribution in [2.75, 3.05) is 5.88 Å². The van der Waals surface area contributed by atoms with E-state index >= 15 is 0 Å². The third kappa shape index (κ3) is 3.48. The molecule has 2 aromatic rings. The lowest BCUT2D eigenvalue weighted by atomic mass is 10.3. The summed E-state index contributed by atoms with van der Waals surface area (Å²) in [6, 6.07) is 2.08. The Morgan fingerprint density at radius 2 is 2.30 bits per heavy atom. The predicted molar refractivity (Wildman–Crippen MR) is 79.8 cm³/mol. The Morgan fingerprint density at radius 1 is 1.50 bits per heavy atom. The number of alkyl halides is 1. The first-order valence-electron chi connectivity index (χ1n) is 6.76. The fourth-order valence-electron chi connectivity index (χ4n) is 2.16. The molecular weight excluding hydrogens is 276 g/mol. The van der Waals surface area contributed by atoms with Crippen molar-refractivity contribution in [3.8, 4) is 0 Å². The van der Waals surface area contributed by atoms with Gasteiger partial charge in [-0.1, -0.05) is 0 Å². The van der Waals surface area contributed by atoms with Crippen molar-refractivity contribution in [2.45, 2.75) is 39.3 Å². The molecule has 2 rings (SSSR count). The van der Waals surface area contributed by atoms with Crippen molar-refractivity contribution in [3.05, 3.63) is 24.3 Å². The molecule has 6 heteroatoms. The molecule has 0 radical (unpaired) electrons. The van der Waals surface area contributed by atoms with Gasteiger partial charge in [-0.3, -0.25) is 9.78 Å². The minimum Gasteiger partial charge on any atom is -0.354 e. The smallest absolute Gasteiger partial charge is 0.221 e. The zero-order valence-electron chi connectivity index (χ0n) is 11.8. The summed E-state index contributed by atoms with van der Waals surface area (Å²) < 4.78 is 2.05. The van der Waals surface area contributed by atoms with E-state index in [0.29, 0.717) is 25.3 Å². The van der Waals surface area contributed by atoms with Crippen molar-refractivity contribution in [1.29, 1.82) is 0 Å². The molecule has 20 heavy (non-hydrogen) atoms. The molecule has 0 bridgehead atoms. The van der Waals surface area contributed by atoms with Crippen LogP contribution in [-0.4, -0.2) is 32.4 Å². The van der Waals surface area contributed by atoms with E-state index in [1.807, 2.05) is 19.9 Å². The van der Waals surface area contributed by atoms with E-state index in [0.717, 1.165) is 16.9 Å². The topological polar surface area (TPSA) is 59.8 Å². The predicted octanol–water partition coefficient (Wildman–Crippen LogP) is 2.13. The van der Waals surface area contributed by atoms with E-state index in [2.05, 4.69) is 19.9 Å². The summed E-state index contributed by atoms with van der Waals surface area (Å²) in [7, 11) is 0. The second kappa shape index (κ2) is 6.70. The molecular formula is C14H19ClN4O. The Bertz CT molecular complexity index is 594. The monoisotopic (exact) mass is 294 g/mol. The van der Waals surface area contributed by atoms with Gasteiger partial charge in [-0.15, -0.1) is 11.6 Å². The molecule has 5 nitrogen and oxygen atoms in total. The first kappa shape index (κ1) is 14.8. The number of carbonyl (C=O) groups excluding carboxylic acids is 1. The van der Waals surface area contributed by atoms with Gasteiger partial charge in [-0.2, -0.15) is 0 Å². The largest absolute Gasteiger partial charge is 0.354 e. The Morgan fingerprint density at radius 3 is 3.00 bits per heavy atom. The normalized spacial score (nSPS) is 11.2. The minimum absolute atomic E-state index is 0.0488. The SMILES string of the molecule is CC(C)NC(=O)CCn1c(CCCl)nc2cnccc21. The van der Waals surface area contributed by atoms with Gasteiger partial charge in [0.05, 0.1) is 11.7 Å². The summed E-state index contributed by atoms with van der Waals surface area (Å²) in [6.07, 6.45) is 4.58. The van der Waals surface area contributed by atoms with Crippen molar-refractivity contribution < 1.29 is 4.79 Å². The fourth-order valence-corrected chi connectivity index (χ4v) is 2.33. The Kier molecular flexibility index (Phi) is 4.95. The zero-order valence-corrected chi connectivity index (χ0v) is 12.5. The first-order chi connectivity index (χ1) is 9.61. The van der Waals surface area contributed by atoms with E-state index in [-0.39, 0.29) is 11.9 Å². The highest BCUT2D eigenvalue weighted by atomic mass is 35.5. The number of halogens is 1. The highest BCUT2D eigenvalue weighted by Crippen LogP contribution is 2.16. The lowest BCUT2D eigenvalue weighted by molar-refractivity contribution is -0.121. The van der Waals surface area contributed by atoms with Crippen LogP contribution < -0.4 is 5.32 Å². The van der Waals surface area contributed by atoms with Crippen LogP contribution in [0, 0.1) is 0 Å². The molecule has 2 heterocycles. The van der Waals surface area contributed by atoms with E-state index in [4.69, 9.17) is 11.6 Å². The second-order valence-electron chi connectivity index (χ2n) is 4.96. The van der Waals surface area contributed by atoms with Gasteiger partial charge < -0.3 is 9.88 Å². The molecule has 0 aliphatic rings. The number of imidazole rings is 1. The fraction of sp³-hybridized carbons (Fsp3) is 0.500. The summed E-state index contributed by atoms with van der Waals surface area (Å²) in [4.78, 5) is 20.4. The third-order valence-corrected chi connectivity index (χ3v) is 3.15. The van der Waals surface area contributed by atoms with Gasteiger partial charge in [0, 0.05) is 37.5 Å². The number of hydrogen-bond acceptors (Lipinski definition) is 3. The van der Waals surface area contributed by atoms with Crippen molar-refractivity contribution in [1.82, 2.24) is 19.9 Å². The quantitative estimate of drug-likeness (QED) is 0.830. The Hall–Kier alpha value is -1.62. The second-order valence-corrected chi connectivity index (χ2v) is 5.33. The van der Waals surface area contributed by atoms with Crippen LogP contribution in [0.1, 0.15) is 26.1 Å². The van der Waals surface area contributed by atoms with Crippen LogP contribution in [0.3, 0.4) is 0 Å². The van der Waals surface area contributed by atoms with Crippen molar-refractivity contribution in [3.63, 3.8) is 0 Å². The van der Waals surface area contributed by atoms with Crippen LogP contribution in [-0.2, 0) is 17.8 Å². The average molecular weight is 295 g/mol. The van der Waals surface area contributed by atoms with E-state index in [1.54, 1.807) is 12.4 Å². The lowest BCUT2D eigenvalue weighted by Gasteiger charge is -2.10. The maximum absolute atomic E-state index is 11.8. The number of carbonyl (C=O) groups is 1. The van der Waals surface area contributed by atoms with Crippen LogP contribution in [0.4, 0.5) is 0 Å². The number of rotatable bonds is 6. The van der Waals surface area contributed by atoms with Gasteiger partial charge in [-0.25, -0.2) is 4.98 Å². The van der Waals surface area contributed by atoms with Gasteiger partial charge >= 0.3 is 0 Å². The number of aryl methyl sites for hydroxylation is 2. The van der Waals surface area contributed by atoms with Gasteiger partial charge in [0.2, 0.25) is 5.91 Å². The average Bonchev–Trinajstić information content (AvgIpc) is 2.73. The molecule has 0 saturated heterocycles. The number of pyridine rings is 1.